The highest BCUT2D eigenvalue weighted by Gasteiger charge is 2.19. The van der Waals surface area contributed by atoms with Crippen LogP contribution in [0.5, 0.6) is 23.0 Å². The number of hydrogen-bond donors (Lipinski definition) is 4. The van der Waals surface area contributed by atoms with E-state index in [0.717, 1.165) is 112 Å². The normalized spacial score (nSPS) is 12.5. The molecule has 5 heterocycles. The lowest BCUT2D eigenvalue weighted by Crippen LogP contribution is -2.19. The molecule has 0 saturated heterocycles. The highest BCUT2D eigenvalue weighted by Crippen LogP contribution is 2.31. The van der Waals surface area contributed by atoms with Gasteiger partial charge >= 0.3 is 0 Å². The van der Waals surface area contributed by atoms with E-state index in [1.807, 2.05) is 48.5 Å². The van der Waals surface area contributed by atoms with E-state index < -0.39 is 0 Å². The highest BCUT2D eigenvalue weighted by atomic mass is 16.5. The zero-order valence-electron chi connectivity index (χ0n) is 31.5. The van der Waals surface area contributed by atoms with Crippen molar-refractivity contribution < 1.29 is 18.9 Å². The fourth-order valence-corrected chi connectivity index (χ4v) is 7.69. The fraction of sp³-hybridized carbons (Fsp3) is 0.0833. The molecule has 8 nitrogen and oxygen atoms in total. The minimum absolute atomic E-state index is 0.772. The fourth-order valence-electron chi connectivity index (χ4n) is 7.69. The summed E-state index contributed by atoms with van der Waals surface area (Å²) >= 11 is 0. The Morgan fingerprint density at radius 2 is 0.536 bits per heavy atom. The number of rotatable bonds is 8. The third-order valence-corrected chi connectivity index (χ3v) is 10.3. The molecule has 8 heteroatoms. The van der Waals surface area contributed by atoms with Gasteiger partial charge in [-0.15, -0.1) is 0 Å². The number of aromatic amines is 4. The van der Waals surface area contributed by atoms with Crippen LogP contribution in [0, 0.1) is 0 Å². The maximum Gasteiger partial charge on any atom is 0.119 e. The van der Waals surface area contributed by atoms with Gasteiger partial charge in [-0.3, -0.25) is 0 Å². The SMILES string of the molecule is COc1cccc(C2=c3ccc([nH]3)=C(c3cccc(OC)c3)c3ccc([nH]3)C(c3cccc(OC)c3)=c3ccc([nH]3)=C(c3cccc(OC)c3)c3ccc2[nH]3)c1. The Kier molecular flexibility index (Phi) is 8.91. The molecular weight excluding hydrogens is 697 g/mol. The summed E-state index contributed by atoms with van der Waals surface area (Å²) in [5.41, 5.74) is 11.7. The van der Waals surface area contributed by atoms with Crippen molar-refractivity contribution in [1.29, 1.82) is 0 Å². The minimum Gasteiger partial charge on any atom is -0.497 e. The molecular formula is C48H40N4O4. The van der Waals surface area contributed by atoms with Crippen LogP contribution in [0.15, 0.2) is 146 Å². The van der Waals surface area contributed by atoms with E-state index in [-0.39, 0.29) is 0 Å². The molecule has 0 radical (unpaired) electrons. The number of nitrogens with one attached hydrogen (secondary N) is 4. The van der Waals surface area contributed by atoms with E-state index >= 15 is 0 Å². The van der Waals surface area contributed by atoms with E-state index in [9.17, 15) is 0 Å². The van der Waals surface area contributed by atoms with Gasteiger partial charge in [-0.2, -0.15) is 0 Å². The summed E-state index contributed by atoms with van der Waals surface area (Å²) in [6, 6.07) is 49.8. The maximum absolute atomic E-state index is 5.71. The van der Waals surface area contributed by atoms with Crippen LogP contribution >= 0.6 is 0 Å². The molecule has 0 aliphatic carbocycles. The summed E-state index contributed by atoms with van der Waals surface area (Å²) < 4.78 is 22.8. The number of H-pyrrole nitrogens is 4. The Morgan fingerprint density at radius 1 is 0.286 bits per heavy atom. The minimum atomic E-state index is 0.772. The average molecular weight is 737 g/mol. The van der Waals surface area contributed by atoms with Gasteiger partial charge in [0.15, 0.2) is 0 Å². The first-order chi connectivity index (χ1) is 27.5. The summed E-state index contributed by atoms with van der Waals surface area (Å²) in [7, 11) is 6.78. The molecule has 0 spiro atoms. The van der Waals surface area contributed by atoms with Gasteiger partial charge in [0.1, 0.15) is 23.0 Å². The highest BCUT2D eigenvalue weighted by molar-refractivity contribution is 5.85. The molecule has 4 aromatic heterocycles. The third-order valence-electron chi connectivity index (χ3n) is 10.3. The zero-order chi connectivity index (χ0) is 38.2. The van der Waals surface area contributed by atoms with Crippen molar-refractivity contribution in [3.63, 3.8) is 0 Å². The van der Waals surface area contributed by atoms with Crippen molar-refractivity contribution in [2.24, 2.45) is 0 Å². The summed E-state index contributed by atoms with van der Waals surface area (Å²) in [6.07, 6.45) is 0. The predicted molar refractivity (Wildman–Crippen MR) is 220 cm³/mol. The second-order valence-corrected chi connectivity index (χ2v) is 13.6. The van der Waals surface area contributed by atoms with Gasteiger partial charge in [0.25, 0.3) is 0 Å². The summed E-state index contributed by atoms with van der Waals surface area (Å²) in [4.78, 5) is 15.3. The number of aromatic nitrogens is 4. The first-order valence-electron chi connectivity index (χ1n) is 18.4. The smallest absolute Gasteiger partial charge is 0.119 e. The van der Waals surface area contributed by atoms with Crippen LogP contribution in [0.25, 0.3) is 22.3 Å². The van der Waals surface area contributed by atoms with Gasteiger partial charge in [-0.1, -0.05) is 48.5 Å². The van der Waals surface area contributed by atoms with E-state index in [0.29, 0.717) is 0 Å². The second kappa shape index (κ2) is 14.5. The van der Waals surface area contributed by atoms with Gasteiger partial charge < -0.3 is 38.9 Å². The lowest BCUT2D eigenvalue weighted by molar-refractivity contribution is 0.414. The van der Waals surface area contributed by atoms with Gasteiger partial charge in [-0.25, -0.2) is 0 Å². The average Bonchev–Trinajstić information content (AvgIpc) is 4.09. The Morgan fingerprint density at radius 3 is 0.768 bits per heavy atom. The molecule has 0 saturated carbocycles. The molecule has 0 amide bonds. The maximum atomic E-state index is 5.71. The van der Waals surface area contributed by atoms with Gasteiger partial charge in [0.2, 0.25) is 0 Å². The Labute approximate surface area is 323 Å². The van der Waals surface area contributed by atoms with E-state index in [1.54, 1.807) is 28.4 Å². The number of hydrogen-bond acceptors (Lipinski definition) is 4. The number of methoxy groups -OCH3 is 4. The van der Waals surface area contributed by atoms with Crippen molar-refractivity contribution in [3.8, 4) is 23.0 Å². The molecule has 1 aliphatic rings. The molecule has 4 aromatic carbocycles. The largest absolute Gasteiger partial charge is 0.497 e. The topological polar surface area (TPSA) is 100 Å². The van der Waals surface area contributed by atoms with E-state index in [1.165, 1.54) is 0 Å². The monoisotopic (exact) mass is 736 g/mol. The quantitative estimate of drug-likeness (QED) is 0.147. The summed E-state index contributed by atoms with van der Waals surface area (Å²) in [6.45, 7) is 0. The van der Waals surface area contributed by atoms with Crippen LogP contribution in [0.4, 0.5) is 0 Å². The molecule has 1 aliphatic heterocycles. The van der Waals surface area contributed by atoms with Crippen molar-refractivity contribution in [2.75, 3.05) is 28.4 Å². The standard InChI is InChI=1S/C48H40N4O4/c1-53-33-13-5-9-29(25-33)45-37-17-19-39(49-37)46(30-10-6-14-34(26-30)54-2)41-21-23-43(51-41)48(32-12-8-16-36(28-32)56-4)44-24-22-42(52-44)47(40-20-18-38(45)50-40)31-11-7-15-35(27-31)55-3/h5-28,49-52H,1-4H3. The molecule has 0 atom stereocenters. The predicted octanol–water partition coefficient (Wildman–Crippen LogP) is 6.34. The van der Waals surface area contributed by atoms with Crippen molar-refractivity contribution in [1.82, 2.24) is 19.9 Å². The van der Waals surface area contributed by atoms with Crippen LogP contribution < -0.4 is 40.3 Å². The molecule has 9 rings (SSSR count). The van der Waals surface area contributed by atoms with Crippen molar-refractivity contribution >= 4 is 22.3 Å². The first-order valence-corrected chi connectivity index (χ1v) is 18.4. The van der Waals surface area contributed by atoms with Crippen molar-refractivity contribution in [2.45, 2.75) is 0 Å². The number of benzene rings is 4. The Balaban J connectivity index is 1.43. The van der Waals surface area contributed by atoms with Crippen LogP contribution in [-0.4, -0.2) is 48.4 Å². The number of ether oxygens (including phenoxy) is 4. The molecule has 8 aromatic rings. The number of fused-ring (bicyclic) bond motifs is 8. The van der Waals surface area contributed by atoms with E-state index in [4.69, 9.17) is 18.9 Å². The lowest BCUT2D eigenvalue weighted by Gasteiger charge is -2.11. The molecule has 56 heavy (non-hydrogen) atoms. The van der Waals surface area contributed by atoms with Crippen LogP contribution in [0.2, 0.25) is 0 Å². The van der Waals surface area contributed by atoms with Gasteiger partial charge in [0.05, 0.1) is 28.4 Å². The van der Waals surface area contributed by atoms with Crippen LogP contribution in [0.3, 0.4) is 0 Å². The Hall–Kier alpha value is -7.32. The van der Waals surface area contributed by atoms with Gasteiger partial charge in [0, 0.05) is 66.5 Å². The molecule has 8 bridgehead atoms. The lowest BCUT2D eigenvalue weighted by atomic mass is 10.0. The zero-order valence-corrected chi connectivity index (χ0v) is 31.5. The molecule has 0 fully saturated rings. The van der Waals surface area contributed by atoms with Crippen molar-refractivity contribution in [3.05, 3.63) is 212 Å². The second-order valence-electron chi connectivity index (χ2n) is 13.6. The summed E-state index contributed by atoms with van der Waals surface area (Å²) in [5, 5.41) is 3.76. The Bertz CT molecular complexity index is 2600. The molecule has 276 valence electrons. The van der Waals surface area contributed by atoms with Crippen LogP contribution in [-0.2, 0) is 0 Å². The first kappa shape index (κ1) is 34.4. The third kappa shape index (κ3) is 6.27. The van der Waals surface area contributed by atoms with Gasteiger partial charge in [-0.05, 0) is 119 Å². The van der Waals surface area contributed by atoms with Crippen LogP contribution in [0.1, 0.15) is 45.0 Å². The molecule has 4 N–H and O–H groups in total. The van der Waals surface area contributed by atoms with E-state index in [2.05, 4.69) is 117 Å². The summed E-state index contributed by atoms with van der Waals surface area (Å²) in [5.74, 6) is 3.09. The molecule has 0 unspecified atom stereocenters.